The van der Waals surface area contributed by atoms with Gasteiger partial charge >= 0.3 is 0 Å². The SMILES string of the molecule is CCOCCC1(CNC(=NC)NCc2cccc(C#N)c2)CCCC1.I. The van der Waals surface area contributed by atoms with Crippen molar-refractivity contribution in [3.8, 4) is 6.07 Å². The van der Waals surface area contributed by atoms with E-state index in [1.54, 1.807) is 7.05 Å². The van der Waals surface area contributed by atoms with Crippen molar-refractivity contribution in [2.75, 3.05) is 26.8 Å². The second kappa shape index (κ2) is 12.1. The molecule has 0 radical (unpaired) electrons. The lowest BCUT2D eigenvalue weighted by atomic mass is 9.83. The van der Waals surface area contributed by atoms with Crippen LogP contribution in [0.5, 0.6) is 0 Å². The van der Waals surface area contributed by atoms with E-state index in [1.807, 2.05) is 31.2 Å². The van der Waals surface area contributed by atoms with Crippen molar-refractivity contribution in [1.29, 1.82) is 5.26 Å². The maximum absolute atomic E-state index is 8.99. The summed E-state index contributed by atoms with van der Waals surface area (Å²) in [5, 5.41) is 15.8. The lowest BCUT2D eigenvalue weighted by molar-refractivity contribution is 0.105. The molecule has 0 saturated heterocycles. The van der Waals surface area contributed by atoms with Gasteiger partial charge in [0.1, 0.15) is 0 Å². The normalized spacial score (nSPS) is 15.8. The average Bonchev–Trinajstić information content (AvgIpc) is 3.11. The van der Waals surface area contributed by atoms with Gasteiger partial charge in [0.25, 0.3) is 0 Å². The summed E-state index contributed by atoms with van der Waals surface area (Å²) >= 11 is 0. The Bertz CT molecular complexity index is 606. The van der Waals surface area contributed by atoms with Crippen molar-refractivity contribution >= 4 is 29.9 Å². The van der Waals surface area contributed by atoms with Crippen molar-refractivity contribution in [1.82, 2.24) is 10.6 Å². The number of ether oxygens (including phenoxy) is 1. The van der Waals surface area contributed by atoms with E-state index in [-0.39, 0.29) is 24.0 Å². The summed E-state index contributed by atoms with van der Waals surface area (Å²) in [5.41, 5.74) is 2.09. The summed E-state index contributed by atoms with van der Waals surface area (Å²) in [4.78, 5) is 4.33. The predicted octanol–water partition coefficient (Wildman–Crippen LogP) is 3.83. The van der Waals surface area contributed by atoms with Crippen LogP contribution in [0.3, 0.4) is 0 Å². The molecule has 1 fully saturated rings. The summed E-state index contributed by atoms with van der Waals surface area (Å²) in [6, 6.07) is 9.82. The third-order valence-electron chi connectivity index (χ3n) is 5.02. The number of hydrogen-bond donors (Lipinski definition) is 2. The molecule has 26 heavy (non-hydrogen) atoms. The molecule has 0 aromatic heterocycles. The molecule has 6 heteroatoms. The van der Waals surface area contributed by atoms with Gasteiger partial charge in [-0.2, -0.15) is 5.26 Å². The predicted molar refractivity (Wildman–Crippen MR) is 117 cm³/mol. The Morgan fingerprint density at radius 2 is 2.08 bits per heavy atom. The number of aliphatic imine (C=N–C) groups is 1. The molecule has 2 rings (SSSR count). The van der Waals surface area contributed by atoms with E-state index in [0.29, 0.717) is 17.5 Å². The molecule has 1 saturated carbocycles. The Balaban J connectivity index is 0.00000338. The Labute approximate surface area is 174 Å². The molecule has 1 aromatic rings. The van der Waals surface area contributed by atoms with Gasteiger partial charge in [-0.05, 0) is 49.3 Å². The van der Waals surface area contributed by atoms with Crippen LogP contribution in [0.15, 0.2) is 29.3 Å². The molecule has 0 amide bonds. The summed E-state index contributed by atoms with van der Waals surface area (Å²) in [5.74, 6) is 0.810. The van der Waals surface area contributed by atoms with Crippen LogP contribution in [0.25, 0.3) is 0 Å². The smallest absolute Gasteiger partial charge is 0.191 e. The van der Waals surface area contributed by atoms with Crippen molar-refractivity contribution in [2.45, 2.75) is 45.6 Å². The topological polar surface area (TPSA) is 69.4 Å². The van der Waals surface area contributed by atoms with E-state index in [0.717, 1.165) is 37.7 Å². The summed E-state index contributed by atoms with van der Waals surface area (Å²) in [6.45, 7) is 5.26. The largest absolute Gasteiger partial charge is 0.382 e. The number of nitriles is 1. The third kappa shape index (κ3) is 7.12. The van der Waals surface area contributed by atoms with E-state index in [2.05, 4.69) is 21.7 Å². The maximum Gasteiger partial charge on any atom is 0.191 e. The van der Waals surface area contributed by atoms with Crippen molar-refractivity contribution in [3.05, 3.63) is 35.4 Å². The van der Waals surface area contributed by atoms with E-state index in [9.17, 15) is 0 Å². The third-order valence-corrected chi connectivity index (χ3v) is 5.02. The minimum absolute atomic E-state index is 0. The zero-order chi connectivity index (χ0) is 18.0. The molecular formula is C20H31IN4O. The average molecular weight is 470 g/mol. The van der Waals surface area contributed by atoms with Crippen LogP contribution < -0.4 is 10.6 Å². The quantitative estimate of drug-likeness (QED) is 0.262. The number of benzene rings is 1. The van der Waals surface area contributed by atoms with Crippen LogP contribution >= 0.6 is 24.0 Å². The van der Waals surface area contributed by atoms with Crippen molar-refractivity contribution in [3.63, 3.8) is 0 Å². The standard InChI is InChI=1S/C20H30N4O.HI/c1-3-25-12-11-20(9-4-5-10-20)16-24-19(22-2)23-15-18-8-6-7-17(13-18)14-21;/h6-8,13H,3-5,9-12,15-16H2,1-2H3,(H2,22,23,24);1H. The minimum Gasteiger partial charge on any atom is -0.382 e. The second-order valence-corrected chi connectivity index (χ2v) is 6.75. The minimum atomic E-state index is 0. The lowest BCUT2D eigenvalue weighted by Gasteiger charge is -2.30. The Morgan fingerprint density at radius 3 is 2.73 bits per heavy atom. The van der Waals surface area contributed by atoms with Crippen molar-refractivity contribution in [2.24, 2.45) is 10.4 Å². The van der Waals surface area contributed by atoms with Gasteiger partial charge in [0.05, 0.1) is 11.6 Å². The molecule has 0 aliphatic heterocycles. The fraction of sp³-hybridized carbons (Fsp3) is 0.600. The van der Waals surface area contributed by atoms with E-state index >= 15 is 0 Å². The van der Waals surface area contributed by atoms with Crippen LogP contribution in [-0.4, -0.2) is 32.8 Å². The monoisotopic (exact) mass is 470 g/mol. The van der Waals surface area contributed by atoms with E-state index < -0.39 is 0 Å². The van der Waals surface area contributed by atoms with Crippen LogP contribution in [0.2, 0.25) is 0 Å². The molecular weight excluding hydrogens is 439 g/mol. The zero-order valence-electron chi connectivity index (χ0n) is 15.9. The van der Waals surface area contributed by atoms with Gasteiger partial charge < -0.3 is 15.4 Å². The Kier molecular flexibility index (Phi) is 10.6. The summed E-state index contributed by atoms with van der Waals surface area (Å²) in [6.07, 6.45) is 6.24. The van der Waals surface area contributed by atoms with Gasteiger partial charge in [0, 0.05) is 33.4 Å². The van der Waals surface area contributed by atoms with Gasteiger partial charge in [0.15, 0.2) is 5.96 Å². The number of hydrogen-bond acceptors (Lipinski definition) is 3. The molecule has 0 bridgehead atoms. The number of nitrogens with one attached hydrogen (secondary N) is 2. The highest BCUT2D eigenvalue weighted by Gasteiger charge is 2.33. The van der Waals surface area contributed by atoms with Gasteiger partial charge in [0.2, 0.25) is 0 Å². The lowest BCUT2D eigenvalue weighted by Crippen LogP contribution is -2.43. The highest BCUT2D eigenvalue weighted by atomic mass is 127. The van der Waals surface area contributed by atoms with Crippen LogP contribution in [0.4, 0.5) is 0 Å². The van der Waals surface area contributed by atoms with Crippen LogP contribution in [0, 0.1) is 16.7 Å². The molecule has 0 unspecified atom stereocenters. The molecule has 1 aliphatic rings. The molecule has 0 atom stereocenters. The Morgan fingerprint density at radius 1 is 1.31 bits per heavy atom. The van der Waals surface area contributed by atoms with Gasteiger partial charge in [-0.1, -0.05) is 25.0 Å². The molecule has 1 aliphatic carbocycles. The highest BCUT2D eigenvalue weighted by molar-refractivity contribution is 14.0. The summed E-state index contributed by atoms with van der Waals surface area (Å²) < 4.78 is 5.58. The fourth-order valence-corrected chi connectivity index (χ4v) is 3.50. The number of halogens is 1. The Hall–Kier alpha value is -1.33. The zero-order valence-corrected chi connectivity index (χ0v) is 18.2. The summed E-state index contributed by atoms with van der Waals surface area (Å²) in [7, 11) is 1.79. The van der Waals surface area contributed by atoms with Gasteiger partial charge in [-0.15, -0.1) is 24.0 Å². The fourth-order valence-electron chi connectivity index (χ4n) is 3.50. The first-order valence-electron chi connectivity index (χ1n) is 9.23. The van der Waals surface area contributed by atoms with Crippen molar-refractivity contribution < 1.29 is 4.74 Å². The van der Waals surface area contributed by atoms with Crippen LogP contribution in [-0.2, 0) is 11.3 Å². The van der Waals surface area contributed by atoms with Crippen LogP contribution in [0.1, 0.15) is 50.2 Å². The molecule has 5 nitrogen and oxygen atoms in total. The molecule has 1 aromatic carbocycles. The van der Waals surface area contributed by atoms with E-state index in [4.69, 9.17) is 10.00 Å². The first kappa shape index (κ1) is 22.7. The molecule has 2 N–H and O–H groups in total. The van der Waals surface area contributed by atoms with Gasteiger partial charge in [-0.25, -0.2) is 0 Å². The number of nitrogens with zero attached hydrogens (tertiary/aromatic N) is 2. The second-order valence-electron chi connectivity index (χ2n) is 6.75. The number of guanidine groups is 1. The first-order valence-corrected chi connectivity index (χ1v) is 9.23. The number of rotatable bonds is 8. The molecule has 0 spiro atoms. The van der Waals surface area contributed by atoms with Gasteiger partial charge in [-0.3, -0.25) is 4.99 Å². The molecule has 0 heterocycles. The highest BCUT2D eigenvalue weighted by Crippen LogP contribution is 2.40. The first-order chi connectivity index (χ1) is 12.2. The maximum atomic E-state index is 8.99. The molecule has 144 valence electrons. The van der Waals surface area contributed by atoms with E-state index in [1.165, 1.54) is 25.7 Å².